The Hall–Kier alpha value is -0.100. The maximum Gasteiger partial charge on any atom is 0.341 e. The van der Waals surface area contributed by atoms with Gasteiger partial charge in [0.15, 0.2) is 6.16 Å². The van der Waals surface area contributed by atoms with Crippen molar-refractivity contribution in [2.45, 2.75) is 58.5 Å². The molecule has 0 radical (unpaired) electrons. The normalized spacial score (nSPS) is 12.9. The second-order valence-corrected chi connectivity index (χ2v) is 10.2. The Kier molecular flexibility index (Phi) is 5.08. The summed E-state index contributed by atoms with van der Waals surface area (Å²) < 4.78 is 0. The molecule has 0 fully saturated rings. The van der Waals surface area contributed by atoms with E-state index in [1.165, 1.54) is 0 Å². The number of hydrogen-bond donors (Lipinski definition) is 1. The van der Waals surface area contributed by atoms with E-state index in [4.69, 9.17) is 5.11 Å². The van der Waals surface area contributed by atoms with Gasteiger partial charge in [-0.3, -0.25) is 0 Å². The van der Waals surface area contributed by atoms with Crippen molar-refractivity contribution in [3.8, 4) is 0 Å². The van der Waals surface area contributed by atoms with Gasteiger partial charge in [-0.2, -0.15) is 0 Å². The van der Waals surface area contributed by atoms with Crippen molar-refractivity contribution in [2.75, 3.05) is 6.16 Å². The number of carboxylic acids is 1. The van der Waals surface area contributed by atoms with Crippen molar-refractivity contribution < 1.29 is 9.90 Å². The van der Waals surface area contributed by atoms with Crippen LogP contribution < -0.4 is 0 Å². The number of carbonyl (C=O) groups is 1. The Morgan fingerprint density at radius 1 is 1.00 bits per heavy atom. The van der Waals surface area contributed by atoms with Crippen molar-refractivity contribution in [3.05, 3.63) is 0 Å². The predicted molar refractivity (Wildman–Crippen MR) is 64.8 cm³/mol. The molecule has 0 unspecified atom stereocenters. The third-order valence-electron chi connectivity index (χ3n) is 3.29. The van der Waals surface area contributed by atoms with Crippen LogP contribution in [0.15, 0.2) is 0 Å². The largest absolute Gasteiger partial charge is 0.479 e. The molecule has 0 saturated carbocycles. The van der Waals surface area contributed by atoms with Crippen LogP contribution in [0.2, 0.25) is 0 Å². The summed E-state index contributed by atoms with van der Waals surface area (Å²) in [5, 5.41) is 9.02. The van der Waals surface area contributed by atoms with Crippen LogP contribution in [-0.2, 0) is 4.79 Å². The molecule has 0 rings (SSSR count). The van der Waals surface area contributed by atoms with E-state index in [9.17, 15) is 4.79 Å². The molecule has 1 N–H and O–H groups in total. The maximum atomic E-state index is 11.0. The Labute approximate surface area is 88.4 Å². The van der Waals surface area contributed by atoms with Crippen LogP contribution in [-0.4, -0.2) is 34.2 Å². The number of carboxylic acid groups (broad SMARTS) is 1. The van der Waals surface area contributed by atoms with Gasteiger partial charge >= 0.3 is 5.97 Å². The van der Waals surface area contributed by atoms with Gasteiger partial charge in [0.05, 0.1) is 17.0 Å². The summed E-state index contributed by atoms with van der Waals surface area (Å²) in [4.78, 5) is 11.0. The van der Waals surface area contributed by atoms with Gasteiger partial charge in [0, 0.05) is 7.26 Å². The van der Waals surface area contributed by atoms with E-state index in [2.05, 4.69) is 41.5 Å². The molecule has 0 aromatic rings. The molecule has 14 heavy (non-hydrogen) atoms. The van der Waals surface area contributed by atoms with Crippen LogP contribution in [0.25, 0.3) is 0 Å². The Morgan fingerprint density at radius 3 is 1.36 bits per heavy atom. The number of hydrogen-bond acceptors (Lipinski definition) is 1. The lowest BCUT2D eigenvalue weighted by molar-refractivity contribution is -0.134. The molecular weight excluding hydrogens is 195 g/mol. The minimum atomic E-state index is -1.37. The smallest absolute Gasteiger partial charge is 0.341 e. The van der Waals surface area contributed by atoms with Crippen LogP contribution >= 0.6 is 7.26 Å². The lowest BCUT2D eigenvalue weighted by Gasteiger charge is -2.37. The first kappa shape index (κ1) is 13.9. The van der Waals surface area contributed by atoms with E-state index in [1.807, 2.05) is 0 Å². The predicted octanol–water partition coefficient (Wildman–Crippen LogP) is 3.31. The highest BCUT2D eigenvalue weighted by Crippen LogP contribution is 2.69. The van der Waals surface area contributed by atoms with E-state index < -0.39 is 13.2 Å². The molecule has 0 spiro atoms. The first-order valence-electron chi connectivity index (χ1n) is 5.34. The van der Waals surface area contributed by atoms with E-state index in [1.54, 1.807) is 0 Å². The topological polar surface area (TPSA) is 37.3 Å². The summed E-state index contributed by atoms with van der Waals surface area (Å²) in [5.41, 5.74) is 1.54. The second kappa shape index (κ2) is 5.11. The fourth-order valence-electron chi connectivity index (χ4n) is 2.57. The fraction of sp³-hybridized carbons (Fsp3) is 0.909. The summed E-state index contributed by atoms with van der Waals surface area (Å²) in [6.45, 7) is 13.1. The quantitative estimate of drug-likeness (QED) is 0.720. The number of rotatable bonds is 5. The van der Waals surface area contributed by atoms with E-state index >= 15 is 0 Å². The molecule has 0 atom stereocenters. The van der Waals surface area contributed by atoms with Crippen LogP contribution in [0.4, 0.5) is 0 Å². The molecule has 0 saturated heterocycles. The molecule has 0 aromatic heterocycles. The molecule has 0 aliphatic heterocycles. The first-order valence-corrected chi connectivity index (χ1v) is 7.52. The molecule has 2 nitrogen and oxygen atoms in total. The SMILES string of the molecule is CC(C)[P+](CC(=O)O)(C(C)C)C(C)C. The standard InChI is InChI=1S/C11H23O2P/c1-8(2)14(9(3)4,10(5)6)7-11(12)13/h8-10H,7H2,1-6H3/p+1. The van der Waals surface area contributed by atoms with Gasteiger partial charge in [0.2, 0.25) is 0 Å². The van der Waals surface area contributed by atoms with Gasteiger partial charge < -0.3 is 5.11 Å². The van der Waals surface area contributed by atoms with Gasteiger partial charge in [-0.25, -0.2) is 4.79 Å². The van der Waals surface area contributed by atoms with E-state index in [0.29, 0.717) is 23.1 Å². The van der Waals surface area contributed by atoms with E-state index in [-0.39, 0.29) is 0 Å². The molecular formula is C11H24O2P+. The minimum Gasteiger partial charge on any atom is -0.479 e. The lowest BCUT2D eigenvalue weighted by atomic mass is 10.5. The Bertz CT molecular complexity index is 176. The van der Waals surface area contributed by atoms with Gasteiger partial charge in [0.25, 0.3) is 0 Å². The molecule has 3 heteroatoms. The summed E-state index contributed by atoms with van der Waals surface area (Å²) in [6.07, 6.45) is 0.389. The molecule has 0 heterocycles. The number of aliphatic carboxylic acids is 1. The summed E-state index contributed by atoms with van der Waals surface area (Å²) in [5.74, 6) is -0.630. The zero-order valence-electron chi connectivity index (χ0n) is 10.2. The minimum absolute atomic E-state index is 0.389. The van der Waals surface area contributed by atoms with Gasteiger partial charge in [-0.1, -0.05) is 0 Å². The zero-order valence-corrected chi connectivity index (χ0v) is 11.1. The lowest BCUT2D eigenvalue weighted by Crippen LogP contribution is -2.29. The molecule has 0 aliphatic rings. The average molecular weight is 219 g/mol. The third kappa shape index (κ3) is 2.70. The van der Waals surface area contributed by atoms with Gasteiger partial charge in [0.1, 0.15) is 0 Å². The van der Waals surface area contributed by atoms with Gasteiger partial charge in [-0.15, -0.1) is 0 Å². The summed E-state index contributed by atoms with van der Waals surface area (Å²) in [7, 11) is -1.37. The highest BCUT2D eigenvalue weighted by atomic mass is 31.2. The molecule has 0 bridgehead atoms. The first-order chi connectivity index (χ1) is 6.25. The summed E-state index contributed by atoms with van der Waals surface area (Å²) in [6, 6.07) is 0. The molecule has 0 aromatic carbocycles. The second-order valence-electron chi connectivity index (χ2n) is 4.83. The summed E-state index contributed by atoms with van der Waals surface area (Å²) >= 11 is 0. The Balaban J connectivity index is 5.05. The van der Waals surface area contributed by atoms with Crippen molar-refractivity contribution in [1.29, 1.82) is 0 Å². The van der Waals surface area contributed by atoms with Crippen LogP contribution in [0.1, 0.15) is 41.5 Å². The van der Waals surface area contributed by atoms with Crippen molar-refractivity contribution in [1.82, 2.24) is 0 Å². The molecule has 0 aliphatic carbocycles. The molecule has 84 valence electrons. The van der Waals surface area contributed by atoms with Crippen molar-refractivity contribution >= 4 is 13.2 Å². The highest BCUT2D eigenvalue weighted by Gasteiger charge is 2.48. The van der Waals surface area contributed by atoms with E-state index in [0.717, 1.165) is 0 Å². The van der Waals surface area contributed by atoms with Crippen LogP contribution in [0.3, 0.4) is 0 Å². The van der Waals surface area contributed by atoms with Crippen LogP contribution in [0, 0.1) is 0 Å². The Morgan fingerprint density at radius 2 is 1.29 bits per heavy atom. The van der Waals surface area contributed by atoms with Crippen molar-refractivity contribution in [2.24, 2.45) is 0 Å². The molecule has 0 amide bonds. The highest BCUT2D eigenvalue weighted by molar-refractivity contribution is 7.78. The third-order valence-corrected chi connectivity index (χ3v) is 9.88. The van der Waals surface area contributed by atoms with Crippen LogP contribution in [0.5, 0.6) is 0 Å². The van der Waals surface area contributed by atoms with Gasteiger partial charge in [-0.05, 0) is 41.5 Å². The maximum absolute atomic E-state index is 11.0. The average Bonchev–Trinajstić information content (AvgIpc) is 1.97. The fourth-order valence-corrected chi connectivity index (χ4v) is 7.71. The van der Waals surface area contributed by atoms with Crippen molar-refractivity contribution in [3.63, 3.8) is 0 Å². The monoisotopic (exact) mass is 219 g/mol. The zero-order chi connectivity index (χ0) is 11.5.